The molecular weight excluding hydrogens is 200 g/mol. The first kappa shape index (κ1) is 11.2. The van der Waals surface area contributed by atoms with E-state index in [1.807, 2.05) is 0 Å². The molecule has 0 aromatic heterocycles. The monoisotopic (exact) mass is 218 g/mol. The summed E-state index contributed by atoms with van der Waals surface area (Å²) in [5.41, 5.74) is 0. The molecule has 0 saturated heterocycles. The topological polar surface area (TPSA) is 0 Å². The van der Waals surface area contributed by atoms with Crippen LogP contribution >= 0.6 is 15.9 Å². The molecule has 0 aliphatic heterocycles. The summed E-state index contributed by atoms with van der Waals surface area (Å²) in [5.74, 6) is 0. The van der Waals surface area contributed by atoms with Crippen LogP contribution in [0.5, 0.6) is 0 Å². The zero-order valence-corrected chi connectivity index (χ0v) is 9.23. The number of alkyl halides is 1. The zero-order valence-electron chi connectivity index (χ0n) is 7.65. The van der Waals surface area contributed by atoms with E-state index in [9.17, 15) is 0 Å². The molecule has 1 heteroatoms. The van der Waals surface area contributed by atoms with Crippen LogP contribution < -0.4 is 0 Å². The van der Waals surface area contributed by atoms with E-state index in [-0.39, 0.29) is 0 Å². The Morgan fingerprint density at radius 1 is 1.27 bits per heavy atom. The standard InChI is InChI=1S/C10H19Br/c1-3-5-7-9-10(11)8-6-4-2/h6,8,10H,3-5,7,9H2,1-2H3/b8-6+. The second kappa shape index (κ2) is 8.32. The van der Waals surface area contributed by atoms with Crippen LogP contribution in [-0.2, 0) is 0 Å². The maximum Gasteiger partial charge on any atom is 0.0325 e. The number of halogens is 1. The van der Waals surface area contributed by atoms with E-state index in [0.717, 1.165) is 6.42 Å². The van der Waals surface area contributed by atoms with Crippen molar-refractivity contribution in [3.8, 4) is 0 Å². The third kappa shape index (κ3) is 8.12. The Morgan fingerprint density at radius 3 is 2.55 bits per heavy atom. The number of hydrogen-bond acceptors (Lipinski definition) is 0. The smallest absolute Gasteiger partial charge is 0.0325 e. The molecule has 0 amide bonds. The summed E-state index contributed by atoms with van der Waals surface area (Å²) in [7, 11) is 0. The van der Waals surface area contributed by atoms with E-state index in [4.69, 9.17) is 0 Å². The minimum Gasteiger partial charge on any atom is -0.0877 e. The molecule has 11 heavy (non-hydrogen) atoms. The van der Waals surface area contributed by atoms with Gasteiger partial charge in [-0.2, -0.15) is 0 Å². The van der Waals surface area contributed by atoms with Gasteiger partial charge in [0, 0.05) is 4.83 Å². The molecule has 1 atom stereocenters. The fourth-order valence-corrected chi connectivity index (χ4v) is 1.51. The summed E-state index contributed by atoms with van der Waals surface area (Å²) in [6, 6.07) is 0. The molecule has 0 aromatic rings. The highest BCUT2D eigenvalue weighted by Crippen LogP contribution is 2.12. The molecule has 0 saturated carbocycles. The molecule has 0 aliphatic rings. The fourth-order valence-electron chi connectivity index (χ4n) is 0.969. The Morgan fingerprint density at radius 2 is 2.00 bits per heavy atom. The minimum absolute atomic E-state index is 0.606. The van der Waals surface area contributed by atoms with Crippen LogP contribution in [0, 0.1) is 0 Å². The van der Waals surface area contributed by atoms with Crippen LogP contribution in [0.4, 0.5) is 0 Å². The van der Waals surface area contributed by atoms with Crippen molar-refractivity contribution in [2.24, 2.45) is 0 Å². The normalized spacial score (nSPS) is 14.1. The van der Waals surface area contributed by atoms with Gasteiger partial charge < -0.3 is 0 Å². The van der Waals surface area contributed by atoms with Gasteiger partial charge in [-0.25, -0.2) is 0 Å². The van der Waals surface area contributed by atoms with Gasteiger partial charge in [-0.15, -0.1) is 0 Å². The quantitative estimate of drug-likeness (QED) is 0.355. The lowest BCUT2D eigenvalue weighted by molar-refractivity contribution is 0.683. The van der Waals surface area contributed by atoms with Crippen LogP contribution in [0.25, 0.3) is 0 Å². The van der Waals surface area contributed by atoms with E-state index in [1.54, 1.807) is 0 Å². The van der Waals surface area contributed by atoms with Crippen molar-refractivity contribution in [3.63, 3.8) is 0 Å². The number of hydrogen-bond donors (Lipinski definition) is 0. The van der Waals surface area contributed by atoms with Crippen molar-refractivity contribution in [3.05, 3.63) is 12.2 Å². The van der Waals surface area contributed by atoms with Crippen LogP contribution in [-0.4, -0.2) is 4.83 Å². The summed E-state index contributed by atoms with van der Waals surface area (Å²) < 4.78 is 0. The van der Waals surface area contributed by atoms with Crippen LogP contribution in [0.1, 0.15) is 46.0 Å². The van der Waals surface area contributed by atoms with Crippen LogP contribution in [0.2, 0.25) is 0 Å². The predicted octanol–water partition coefficient (Wildman–Crippen LogP) is 4.30. The second-order valence-corrected chi connectivity index (χ2v) is 4.02. The molecular formula is C10H19Br. The molecule has 0 radical (unpaired) electrons. The van der Waals surface area contributed by atoms with E-state index in [2.05, 4.69) is 41.9 Å². The van der Waals surface area contributed by atoms with Gasteiger partial charge in [-0.1, -0.05) is 61.2 Å². The number of allylic oxidation sites excluding steroid dienone is 2. The van der Waals surface area contributed by atoms with Crippen molar-refractivity contribution in [1.29, 1.82) is 0 Å². The number of rotatable bonds is 6. The lowest BCUT2D eigenvalue weighted by Gasteiger charge is -2.02. The zero-order chi connectivity index (χ0) is 8.53. The molecule has 1 unspecified atom stereocenters. The second-order valence-electron chi connectivity index (χ2n) is 2.85. The van der Waals surface area contributed by atoms with Gasteiger partial charge in [-0.05, 0) is 12.8 Å². The highest BCUT2D eigenvalue weighted by Gasteiger charge is 1.96. The Bertz CT molecular complexity index is 97.0. The molecule has 0 nitrogen and oxygen atoms in total. The van der Waals surface area contributed by atoms with Gasteiger partial charge >= 0.3 is 0 Å². The first-order chi connectivity index (χ1) is 5.31. The van der Waals surface area contributed by atoms with Crippen molar-refractivity contribution in [2.45, 2.75) is 50.8 Å². The summed E-state index contributed by atoms with van der Waals surface area (Å²) in [4.78, 5) is 0.606. The van der Waals surface area contributed by atoms with E-state index in [1.165, 1.54) is 25.7 Å². The summed E-state index contributed by atoms with van der Waals surface area (Å²) >= 11 is 3.62. The van der Waals surface area contributed by atoms with E-state index in [0.29, 0.717) is 4.83 Å². The average molecular weight is 219 g/mol. The summed E-state index contributed by atoms with van der Waals surface area (Å²) in [6.07, 6.45) is 10.9. The van der Waals surface area contributed by atoms with Crippen molar-refractivity contribution >= 4 is 15.9 Å². The summed E-state index contributed by atoms with van der Waals surface area (Å²) in [5, 5.41) is 0. The van der Waals surface area contributed by atoms with Gasteiger partial charge in [0.25, 0.3) is 0 Å². The maximum atomic E-state index is 3.62. The van der Waals surface area contributed by atoms with Gasteiger partial charge in [-0.3, -0.25) is 0 Å². The molecule has 0 spiro atoms. The Labute approximate surface area is 79.2 Å². The molecule has 0 N–H and O–H groups in total. The maximum absolute atomic E-state index is 3.62. The Hall–Kier alpha value is 0.220. The highest BCUT2D eigenvalue weighted by atomic mass is 79.9. The molecule has 0 aliphatic carbocycles. The molecule has 0 aromatic carbocycles. The van der Waals surface area contributed by atoms with E-state index >= 15 is 0 Å². The number of unbranched alkanes of at least 4 members (excludes halogenated alkanes) is 2. The molecule has 0 rings (SSSR count). The molecule has 0 heterocycles. The van der Waals surface area contributed by atoms with Crippen molar-refractivity contribution < 1.29 is 0 Å². The van der Waals surface area contributed by atoms with Gasteiger partial charge in [0.2, 0.25) is 0 Å². The SMILES string of the molecule is CC/C=C/C(Br)CCCCC. The fraction of sp³-hybridized carbons (Fsp3) is 0.800. The largest absolute Gasteiger partial charge is 0.0877 e. The predicted molar refractivity (Wildman–Crippen MR) is 56.3 cm³/mol. The van der Waals surface area contributed by atoms with Crippen molar-refractivity contribution in [2.75, 3.05) is 0 Å². The first-order valence-corrected chi connectivity index (χ1v) is 5.53. The molecule has 0 fully saturated rings. The minimum atomic E-state index is 0.606. The molecule has 0 bridgehead atoms. The first-order valence-electron chi connectivity index (χ1n) is 4.62. The molecule has 66 valence electrons. The Kier molecular flexibility index (Phi) is 8.48. The third-order valence-corrected chi connectivity index (χ3v) is 2.43. The van der Waals surface area contributed by atoms with Crippen LogP contribution in [0.3, 0.4) is 0 Å². The van der Waals surface area contributed by atoms with Crippen molar-refractivity contribution in [1.82, 2.24) is 0 Å². The van der Waals surface area contributed by atoms with Gasteiger partial charge in [0.1, 0.15) is 0 Å². The summed E-state index contributed by atoms with van der Waals surface area (Å²) in [6.45, 7) is 4.41. The average Bonchev–Trinajstić information content (AvgIpc) is 2.01. The lowest BCUT2D eigenvalue weighted by atomic mass is 10.1. The Balaban J connectivity index is 3.21. The van der Waals surface area contributed by atoms with E-state index < -0.39 is 0 Å². The van der Waals surface area contributed by atoms with Gasteiger partial charge in [0.05, 0.1) is 0 Å². The third-order valence-electron chi connectivity index (χ3n) is 1.66. The lowest BCUT2D eigenvalue weighted by Crippen LogP contribution is -1.91. The highest BCUT2D eigenvalue weighted by molar-refractivity contribution is 9.09. The van der Waals surface area contributed by atoms with Crippen LogP contribution in [0.15, 0.2) is 12.2 Å². The van der Waals surface area contributed by atoms with Gasteiger partial charge in [0.15, 0.2) is 0 Å².